The van der Waals surface area contributed by atoms with Gasteiger partial charge in [-0.15, -0.1) is 0 Å². The van der Waals surface area contributed by atoms with Gasteiger partial charge in [0.25, 0.3) is 17.5 Å². The first-order valence-electron chi connectivity index (χ1n) is 11.7. The van der Waals surface area contributed by atoms with Gasteiger partial charge in [0.1, 0.15) is 6.04 Å². The number of anilines is 1. The van der Waals surface area contributed by atoms with E-state index < -0.39 is 22.8 Å². The molecule has 2 aliphatic heterocycles. The van der Waals surface area contributed by atoms with Crippen LogP contribution >= 0.6 is 0 Å². The molecular formula is C27H24N4O5. The molecule has 3 aromatic rings. The smallest absolute Gasteiger partial charge is 0.269 e. The Balaban J connectivity index is 1.35. The lowest BCUT2D eigenvalue weighted by molar-refractivity contribution is -0.384. The van der Waals surface area contributed by atoms with Gasteiger partial charge in [0, 0.05) is 50.4 Å². The zero-order valence-electron chi connectivity index (χ0n) is 19.4. The van der Waals surface area contributed by atoms with Crippen LogP contribution in [0.4, 0.5) is 11.4 Å². The number of fused-ring (bicyclic) bond motifs is 1. The highest BCUT2D eigenvalue weighted by molar-refractivity contribution is 6.22. The topological polar surface area (TPSA) is 104 Å². The van der Waals surface area contributed by atoms with E-state index in [1.165, 1.54) is 12.1 Å². The first-order chi connectivity index (χ1) is 17.4. The molecular weight excluding hydrogens is 460 g/mol. The van der Waals surface area contributed by atoms with E-state index in [9.17, 15) is 24.5 Å². The highest BCUT2D eigenvalue weighted by Gasteiger charge is 2.44. The van der Waals surface area contributed by atoms with Gasteiger partial charge >= 0.3 is 0 Å². The number of imide groups is 1. The summed E-state index contributed by atoms with van der Waals surface area (Å²) in [6.45, 7) is 1.88. The van der Waals surface area contributed by atoms with Crippen LogP contribution in [0.15, 0.2) is 78.9 Å². The largest absolute Gasteiger partial charge is 0.368 e. The molecule has 1 saturated heterocycles. The third-order valence-corrected chi connectivity index (χ3v) is 6.71. The van der Waals surface area contributed by atoms with E-state index in [1.807, 2.05) is 30.3 Å². The first-order valence-corrected chi connectivity index (χ1v) is 11.7. The van der Waals surface area contributed by atoms with Gasteiger partial charge in [-0.3, -0.25) is 29.4 Å². The number of piperazine rings is 1. The molecule has 2 aliphatic rings. The molecule has 36 heavy (non-hydrogen) atoms. The molecule has 1 atom stereocenters. The molecule has 3 amide bonds. The Labute approximate surface area is 207 Å². The van der Waals surface area contributed by atoms with Gasteiger partial charge in [0.05, 0.1) is 16.1 Å². The van der Waals surface area contributed by atoms with Crippen molar-refractivity contribution in [1.82, 2.24) is 9.80 Å². The third-order valence-electron chi connectivity index (χ3n) is 6.71. The molecule has 0 bridgehead atoms. The average molecular weight is 485 g/mol. The Morgan fingerprint density at radius 2 is 1.36 bits per heavy atom. The van der Waals surface area contributed by atoms with Gasteiger partial charge in [-0.2, -0.15) is 0 Å². The zero-order valence-corrected chi connectivity index (χ0v) is 19.4. The maximum atomic E-state index is 13.8. The fourth-order valence-electron chi connectivity index (χ4n) is 4.80. The minimum atomic E-state index is -0.953. The van der Waals surface area contributed by atoms with Crippen LogP contribution < -0.4 is 4.90 Å². The summed E-state index contributed by atoms with van der Waals surface area (Å²) < 4.78 is 0. The minimum absolute atomic E-state index is 0.0252. The van der Waals surface area contributed by atoms with Crippen molar-refractivity contribution < 1.29 is 19.3 Å². The maximum Gasteiger partial charge on any atom is 0.269 e. The maximum absolute atomic E-state index is 13.8. The number of carbonyl (C=O) groups excluding carboxylic acids is 3. The molecule has 2 heterocycles. The summed E-state index contributed by atoms with van der Waals surface area (Å²) >= 11 is 0. The molecule has 3 aromatic carbocycles. The van der Waals surface area contributed by atoms with Crippen molar-refractivity contribution in [1.29, 1.82) is 0 Å². The van der Waals surface area contributed by atoms with Crippen LogP contribution in [0, 0.1) is 10.1 Å². The molecule has 0 spiro atoms. The van der Waals surface area contributed by atoms with E-state index in [1.54, 1.807) is 41.3 Å². The number of nitrogens with zero attached hydrogens (tertiary/aromatic N) is 4. The lowest BCUT2D eigenvalue weighted by Crippen LogP contribution is -2.56. The summed E-state index contributed by atoms with van der Waals surface area (Å²) in [5, 5.41) is 10.9. The van der Waals surface area contributed by atoms with Gasteiger partial charge < -0.3 is 9.80 Å². The van der Waals surface area contributed by atoms with Crippen LogP contribution in [-0.4, -0.2) is 64.7 Å². The number of nitro benzene ring substituents is 1. The Morgan fingerprint density at radius 1 is 0.806 bits per heavy atom. The first kappa shape index (κ1) is 23.2. The second-order valence-electron chi connectivity index (χ2n) is 8.82. The van der Waals surface area contributed by atoms with Crippen LogP contribution in [0.3, 0.4) is 0 Å². The van der Waals surface area contributed by atoms with Crippen LogP contribution in [0.1, 0.15) is 26.3 Å². The van der Waals surface area contributed by atoms with E-state index in [2.05, 4.69) is 4.90 Å². The summed E-state index contributed by atoms with van der Waals surface area (Å²) in [4.78, 5) is 55.6. The minimum Gasteiger partial charge on any atom is -0.368 e. The predicted molar refractivity (Wildman–Crippen MR) is 133 cm³/mol. The summed E-state index contributed by atoms with van der Waals surface area (Å²) in [7, 11) is 0. The fraction of sp³-hybridized carbons (Fsp3) is 0.222. The molecule has 9 nitrogen and oxygen atoms in total. The monoisotopic (exact) mass is 484 g/mol. The molecule has 0 radical (unpaired) electrons. The standard InChI is InChI=1S/C27H24N4O5/c32-25-22-8-4-5-9-23(22)26(33)30(25)24(18-19-6-2-1-3-7-19)27(34)29-16-14-28(15-17-29)20-10-12-21(13-11-20)31(35)36/h1-13,24H,14-18H2. The third kappa shape index (κ3) is 4.31. The average Bonchev–Trinajstić information content (AvgIpc) is 3.17. The predicted octanol–water partition coefficient (Wildman–Crippen LogP) is 3.15. The summed E-state index contributed by atoms with van der Waals surface area (Å²) in [5.74, 6) is -1.17. The normalized spacial score (nSPS) is 16.2. The number of hydrogen-bond acceptors (Lipinski definition) is 6. The quantitative estimate of drug-likeness (QED) is 0.302. The summed E-state index contributed by atoms with van der Waals surface area (Å²) in [6, 6.07) is 21.4. The Morgan fingerprint density at radius 3 is 1.92 bits per heavy atom. The van der Waals surface area contributed by atoms with Gasteiger partial charge in [0.2, 0.25) is 5.91 Å². The highest BCUT2D eigenvalue weighted by Crippen LogP contribution is 2.28. The van der Waals surface area contributed by atoms with Crippen molar-refractivity contribution in [2.45, 2.75) is 12.5 Å². The lowest BCUT2D eigenvalue weighted by atomic mass is 10.0. The van der Waals surface area contributed by atoms with Gasteiger partial charge in [-0.05, 0) is 29.8 Å². The second-order valence-corrected chi connectivity index (χ2v) is 8.82. The zero-order chi connectivity index (χ0) is 25.2. The molecule has 182 valence electrons. The molecule has 9 heteroatoms. The van der Waals surface area contributed by atoms with Gasteiger partial charge in [0.15, 0.2) is 0 Å². The van der Waals surface area contributed by atoms with Crippen molar-refractivity contribution >= 4 is 29.1 Å². The number of hydrogen-bond donors (Lipinski definition) is 0. The molecule has 1 fully saturated rings. The van der Waals surface area contributed by atoms with Crippen molar-refractivity contribution in [3.05, 3.63) is 106 Å². The molecule has 0 aromatic heterocycles. The second kappa shape index (κ2) is 9.61. The molecule has 0 aliphatic carbocycles. The van der Waals surface area contributed by atoms with E-state index in [0.29, 0.717) is 37.3 Å². The number of carbonyl (C=O) groups is 3. The van der Waals surface area contributed by atoms with Crippen molar-refractivity contribution in [3.63, 3.8) is 0 Å². The van der Waals surface area contributed by atoms with E-state index >= 15 is 0 Å². The van der Waals surface area contributed by atoms with E-state index in [-0.39, 0.29) is 18.0 Å². The Bertz CT molecular complexity index is 1280. The summed E-state index contributed by atoms with van der Waals surface area (Å²) in [5.41, 5.74) is 2.36. The molecule has 0 N–H and O–H groups in total. The van der Waals surface area contributed by atoms with Crippen LogP contribution in [0.5, 0.6) is 0 Å². The molecule has 1 unspecified atom stereocenters. The Hall–Kier alpha value is -4.53. The van der Waals surface area contributed by atoms with Crippen LogP contribution in [0.25, 0.3) is 0 Å². The highest BCUT2D eigenvalue weighted by atomic mass is 16.6. The number of nitro groups is 1. The van der Waals surface area contributed by atoms with Crippen molar-refractivity contribution in [2.24, 2.45) is 0 Å². The fourth-order valence-corrected chi connectivity index (χ4v) is 4.80. The number of non-ortho nitro benzene ring substituents is 1. The molecule has 5 rings (SSSR count). The SMILES string of the molecule is O=C(C(Cc1ccccc1)N1C(=O)c2ccccc2C1=O)N1CCN(c2ccc([N+](=O)[O-])cc2)CC1. The van der Waals surface area contributed by atoms with Gasteiger partial charge in [-0.25, -0.2) is 0 Å². The van der Waals surface area contributed by atoms with Gasteiger partial charge in [-0.1, -0.05) is 42.5 Å². The summed E-state index contributed by atoms with van der Waals surface area (Å²) in [6.07, 6.45) is 0.230. The number of rotatable bonds is 6. The van der Waals surface area contributed by atoms with Crippen LogP contribution in [0.2, 0.25) is 0 Å². The van der Waals surface area contributed by atoms with Crippen LogP contribution in [-0.2, 0) is 11.2 Å². The van der Waals surface area contributed by atoms with Crippen molar-refractivity contribution in [3.8, 4) is 0 Å². The van der Waals surface area contributed by atoms with E-state index in [0.717, 1.165) is 16.2 Å². The Kier molecular flexibility index (Phi) is 6.20. The number of benzene rings is 3. The van der Waals surface area contributed by atoms with E-state index in [4.69, 9.17) is 0 Å². The number of amides is 3. The van der Waals surface area contributed by atoms with Crippen molar-refractivity contribution in [2.75, 3.05) is 31.1 Å². The lowest BCUT2D eigenvalue weighted by Gasteiger charge is -2.38. The molecule has 0 saturated carbocycles.